The van der Waals surface area contributed by atoms with Gasteiger partial charge in [-0.2, -0.15) is 0 Å². The Balaban J connectivity index is 2.23. The molecule has 0 fully saturated rings. The average molecular weight is 256 g/mol. The number of anilines is 2. The van der Waals surface area contributed by atoms with Crippen LogP contribution in [0.5, 0.6) is 0 Å². The molecule has 1 heterocycles. The lowest BCUT2D eigenvalue weighted by Crippen LogP contribution is -2.15. The smallest absolute Gasteiger partial charge is 0.274 e. The molecule has 0 radical (unpaired) electrons. The molecule has 2 aromatic rings. The highest BCUT2D eigenvalue weighted by atomic mass is 16.1. The maximum atomic E-state index is 12.1. The van der Waals surface area contributed by atoms with Crippen molar-refractivity contribution in [2.75, 3.05) is 10.7 Å². The van der Waals surface area contributed by atoms with Crippen LogP contribution in [-0.4, -0.2) is 10.9 Å². The first-order valence-electron chi connectivity index (χ1n) is 5.92. The van der Waals surface area contributed by atoms with Crippen LogP contribution in [0.2, 0.25) is 0 Å². The molecule has 5 heteroatoms. The van der Waals surface area contributed by atoms with Crippen molar-refractivity contribution in [3.63, 3.8) is 0 Å². The number of carbonyl (C=O) groups is 1. The monoisotopic (exact) mass is 256 g/mol. The molecular formula is C14H16N4O. The quantitative estimate of drug-likeness (QED) is 0.581. The van der Waals surface area contributed by atoms with E-state index in [4.69, 9.17) is 5.84 Å². The van der Waals surface area contributed by atoms with Crippen LogP contribution < -0.4 is 16.6 Å². The average Bonchev–Trinajstić information content (AvgIpc) is 2.44. The number of nitrogen functional groups attached to an aromatic ring is 1. The summed E-state index contributed by atoms with van der Waals surface area (Å²) in [6.07, 6.45) is 1.53. The predicted octanol–water partition coefficient (Wildman–Crippen LogP) is 2.24. The zero-order valence-electron chi connectivity index (χ0n) is 10.9. The van der Waals surface area contributed by atoms with E-state index in [-0.39, 0.29) is 5.91 Å². The van der Waals surface area contributed by atoms with Crippen molar-refractivity contribution < 1.29 is 4.79 Å². The molecule has 1 amide bonds. The normalized spacial score (nSPS) is 10.1. The topological polar surface area (TPSA) is 80.0 Å². The number of hydrogen-bond acceptors (Lipinski definition) is 4. The van der Waals surface area contributed by atoms with Crippen molar-refractivity contribution in [3.8, 4) is 0 Å². The Morgan fingerprint density at radius 3 is 2.79 bits per heavy atom. The summed E-state index contributed by atoms with van der Waals surface area (Å²) in [5.41, 5.74) is 6.41. The van der Waals surface area contributed by atoms with Crippen LogP contribution in [0.3, 0.4) is 0 Å². The van der Waals surface area contributed by atoms with E-state index in [0.717, 1.165) is 16.8 Å². The molecule has 1 aromatic heterocycles. The molecule has 98 valence electrons. The van der Waals surface area contributed by atoms with Gasteiger partial charge in [-0.25, -0.2) is 0 Å². The van der Waals surface area contributed by atoms with E-state index in [0.29, 0.717) is 11.4 Å². The van der Waals surface area contributed by atoms with Gasteiger partial charge >= 0.3 is 0 Å². The highest BCUT2D eigenvalue weighted by Crippen LogP contribution is 2.18. The molecule has 0 spiro atoms. The van der Waals surface area contributed by atoms with Crippen molar-refractivity contribution in [1.29, 1.82) is 0 Å². The van der Waals surface area contributed by atoms with Gasteiger partial charge in [-0.15, -0.1) is 0 Å². The molecule has 0 atom stereocenters. The lowest BCUT2D eigenvalue weighted by molar-refractivity contribution is 0.102. The second-order valence-electron chi connectivity index (χ2n) is 4.28. The zero-order chi connectivity index (χ0) is 13.8. The van der Waals surface area contributed by atoms with E-state index >= 15 is 0 Å². The number of hydrazine groups is 1. The Morgan fingerprint density at radius 1 is 1.26 bits per heavy atom. The summed E-state index contributed by atoms with van der Waals surface area (Å²) in [5, 5.41) is 2.85. The molecular weight excluding hydrogens is 240 g/mol. The first-order chi connectivity index (χ1) is 9.11. The van der Waals surface area contributed by atoms with Gasteiger partial charge in [0, 0.05) is 11.9 Å². The molecule has 19 heavy (non-hydrogen) atoms. The summed E-state index contributed by atoms with van der Waals surface area (Å²) in [4.78, 5) is 16.1. The molecule has 0 unspecified atom stereocenters. The molecule has 0 bridgehead atoms. The van der Waals surface area contributed by atoms with E-state index in [2.05, 4.69) is 15.7 Å². The number of hydrogen-bond donors (Lipinski definition) is 3. The predicted molar refractivity (Wildman–Crippen MR) is 75.9 cm³/mol. The standard InChI is InChI=1S/C14H16N4O/c1-9-4-3-5-12(10(9)2)17-14(19)13-8-11(18-15)6-7-16-13/h3-8H,15H2,1-2H3,(H,16,18)(H,17,19). The summed E-state index contributed by atoms with van der Waals surface area (Å²) < 4.78 is 0. The maximum absolute atomic E-state index is 12.1. The molecule has 0 saturated heterocycles. The Hall–Kier alpha value is -2.40. The molecule has 4 N–H and O–H groups in total. The third-order valence-corrected chi connectivity index (χ3v) is 3.01. The molecule has 0 saturated carbocycles. The van der Waals surface area contributed by atoms with Crippen LogP contribution in [-0.2, 0) is 0 Å². The van der Waals surface area contributed by atoms with E-state index in [1.165, 1.54) is 6.20 Å². The highest BCUT2D eigenvalue weighted by Gasteiger charge is 2.10. The number of carbonyl (C=O) groups excluding carboxylic acids is 1. The van der Waals surface area contributed by atoms with Gasteiger partial charge < -0.3 is 10.7 Å². The number of nitrogens with one attached hydrogen (secondary N) is 2. The first kappa shape index (κ1) is 13.0. The number of nitrogens with two attached hydrogens (primary N) is 1. The van der Waals surface area contributed by atoms with Crippen molar-refractivity contribution >= 4 is 17.3 Å². The minimum absolute atomic E-state index is 0.259. The van der Waals surface area contributed by atoms with Gasteiger partial charge in [0.1, 0.15) is 5.69 Å². The number of benzene rings is 1. The summed E-state index contributed by atoms with van der Waals surface area (Å²) in [5.74, 6) is 5.05. The van der Waals surface area contributed by atoms with Crippen molar-refractivity contribution in [3.05, 3.63) is 53.3 Å². The Kier molecular flexibility index (Phi) is 3.77. The van der Waals surface area contributed by atoms with Crippen LogP contribution in [0.4, 0.5) is 11.4 Å². The summed E-state index contributed by atoms with van der Waals surface area (Å²) in [6.45, 7) is 3.97. The Bertz CT molecular complexity index is 610. The minimum Gasteiger partial charge on any atom is -0.324 e. The van der Waals surface area contributed by atoms with E-state index in [1.54, 1.807) is 12.1 Å². The fourth-order valence-corrected chi connectivity index (χ4v) is 1.72. The summed E-state index contributed by atoms with van der Waals surface area (Å²) >= 11 is 0. The van der Waals surface area contributed by atoms with Crippen molar-refractivity contribution in [1.82, 2.24) is 4.98 Å². The van der Waals surface area contributed by atoms with Gasteiger partial charge in [-0.1, -0.05) is 12.1 Å². The van der Waals surface area contributed by atoms with Crippen LogP contribution in [0, 0.1) is 13.8 Å². The van der Waals surface area contributed by atoms with Gasteiger partial charge in [0.15, 0.2) is 0 Å². The Labute approximate surface area is 111 Å². The maximum Gasteiger partial charge on any atom is 0.274 e. The molecule has 5 nitrogen and oxygen atoms in total. The van der Waals surface area contributed by atoms with Crippen LogP contribution in [0.15, 0.2) is 36.5 Å². The zero-order valence-corrected chi connectivity index (χ0v) is 10.9. The van der Waals surface area contributed by atoms with Crippen molar-refractivity contribution in [2.45, 2.75) is 13.8 Å². The lowest BCUT2D eigenvalue weighted by atomic mass is 10.1. The second-order valence-corrected chi connectivity index (χ2v) is 4.28. The molecule has 0 aliphatic heterocycles. The fourth-order valence-electron chi connectivity index (χ4n) is 1.72. The molecule has 0 aliphatic rings. The lowest BCUT2D eigenvalue weighted by Gasteiger charge is -2.10. The third kappa shape index (κ3) is 2.89. The number of aryl methyl sites for hydroxylation is 1. The number of rotatable bonds is 3. The van der Waals surface area contributed by atoms with E-state index in [9.17, 15) is 4.79 Å². The molecule has 0 aliphatic carbocycles. The highest BCUT2D eigenvalue weighted by molar-refractivity contribution is 6.03. The summed E-state index contributed by atoms with van der Waals surface area (Å²) in [7, 11) is 0. The number of aromatic nitrogens is 1. The number of amides is 1. The molecule has 1 aromatic carbocycles. The van der Waals surface area contributed by atoms with Crippen molar-refractivity contribution in [2.24, 2.45) is 5.84 Å². The van der Waals surface area contributed by atoms with Crippen LogP contribution in [0.25, 0.3) is 0 Å². The number of nitrogens with zero attached hydrogens (tertiary/aromatic N) is 1. The van der Waals surface area contributed by atoms with E-state index in [1.807, 2.05) is 32.0 Å². The molecule has 2 rings (SSSR count). The first-order valence-corrected chi connectivity index (χ1v) is 5.92. The van der Waals surface area contributed by atoms with Gasteiger partial charge in [0.25, 0.3) is 5.91 Å². The summed E-state index contributed by atoms with van der Waals surface area (Å²) in [6, 6.07) is 9.06. The third-order valence-electron chi connectivity index (χ3n) is 3.01. The van der Waals surface area contributed by atoms with Gasteiger partial charge in [0.2, 0.25) is 0 Å². The number of pyridine rings is 1. The van der Waals surface area contributed by atoms with Gasteiger partial charge in [0.05, 0.1) is 5.69 Å². The second kappa shape index (κ2) is 5.49. The van der Waals surface area contributed by atoms with Gasteiger partial charge in [-0.3, -0.25) is 15.6 Å². The van der Waals surface area contributed by atoms with Gasteiger partial charge in [-0.05, 0) is 43.2 Å². The fraction of sp³-hybridized carbons (Fsp3) is 0.143. The minimum atomic E-state index is -0.259. The van der Waals surface area contributed by atoms with Crippen LogP contribution >= 0.6 is 0 Å². The van der Waals surface area contributed by atoms with Crippen LogP contribution in [0.1, 0.15) is 21.6 Å². The largest absolute Gasteiger partial charge is 0.324 e. The SMILES string of the molecule is Cc1cccc(NC(=O)c2cc(NN)ccn2)c1C. The van der Waals surface area contributed by atoms with E-state index < -0.39 is 0 Å². The Morgan fingerprint density at radius 2 is 2.05 bits per heavy atom.